The lowest BCUT2D eigenvalue weighted by Crippen LogP contribution is -2.30. The second-order valence-electron chi connectivity index (χ2n) is 9.96. The number of aromatic amines is 2. The molecule has 1 aliphatic rings. The molecule has 0 radical (unpaired) electrons. The van der Waals surface area contributed by atoms with Crippen molar-refractivity contribution in [1.82, 2.24) is 35.1 Å². The van der Waals surface area contributed by atoms with Gasteiger partial charge in [-0.15, -0.1) is 0 Å². The lowest BCUT2D eigenvalue weighted by Gasteiger charge is -2.27. The van der Waals surface area contributed by atoms with Crippen molar-refractivity contribution in [2.24, 2.45) is 5.92 Å². The molecule has 5 aromatic rings. The summed E-state index contributed by atoms with van der Waals surface area (Å²) in [6, 6.07) is 5.88. The van der Waals surface area contributed by atoms with Gasteiger partial charge in [0.15, 0.2) is 17.3 Å². The lowest BCUT2D eigenvalue weighted by atomic mass is 10.1. The fourth-order valence-electron chi connectivity index (χ4n) is 4.86. The summed E-state index contributed by atoms with van der Waals surface area (Å²) in [6.07, 6.45) is 11.1. The SMILES string of the molecule is CC(C)CC(=O)Nc1cncc(-c2cnc3[nH]nc(-c4nc5c(N6CCCCC6)nccc5[nH]4)c3c2)c1. The number of H-pyrrole nitrogens is 2. The molecule has 0 bridgehead atoms. The van der Waals surface area contributed by atoms with Crippen molar-refractivity contribution < 1.29 is 4.79 Å². The molecule has 3 N–H and O–H groups in total. The summed E-state index contributed by atoms with van der Waals surface area (Å²) >= 11 is 0. The third-order valence-corrected chi connectivity index (χ3v) is 6.63. The Hall–Kier alpha value is -4.34. The van der Waals surface area contributed by atoms with Crippen LogP contribution in [0.4, 0.5) is 11.5 Å². The number of carbonyl (C=O) groups is 1. The summed E-state index contributed by atoms with van der Waals surface area (Å²) in [4.78, 5) is 36.5. The van der Waals surface area contributed by atoms with Crippen LogP contribution >= 0.6 is 0 Å². The molecule has 0 unspecified atom stereocenters. The van der Waals surface area contributed by atoms with Crippen molar-refractivity contribution >= 4 is 39.5 Å². The first-order valence-corrected chi connectivity index (χ1v) is 12.7. The minimum absolute atomic E-state index is 0.0251. The maximum Gasteiger partial charge on any atom is 0.224 e. The average Bonchev–Trinajstić information content (AvgIpc) is 3.52. The van der Waals surface area contributed by atoms with E-state index < -0.39 is 0 Å². The zero-order valence-electron chi connectivity index (χ0n) is 21.0. The van der Waals surface area contributed by atoms with Gasteiger partial charge in [0.05, 0.1) is 22.8 Å². The molecule has 1 saturated heterocycles. The highest BCUT2D eigenvalue weighted by Gasteiger charge is 2.20. The monoisotopic (exact) mass is 495 g/mol. The largest absolute Gasteiger partial charge is 0.355 e. The van der Waals surface area contributed by atoms with Gasteiger partial charge < -0.3 is 15.2 Å². The molecule has 5 aromatic heterocycles. The summed E-state index contributed by atoms with van der Waals surface area (Å²) in [7, 11) is 0. The van der Waals surface area contributed by atoms with E-state index in [1.165, 1.54) is 19.3 Å². The topological polar surface area (TPSA) is 128 Å². The van der Waals surface area contributed by atoms with Crippen molar-refractivity contribution in [2.75, 3.05) is 23.3 Å². The quantitative estimate of drug-likeness (QED) is 0.304. The number of nitrogens with one attached hydrogen (secondary N) is 3. The molecule has 0 saturated carbocycles. The molecule has 0 aromatic carbocycles. The van der Waals surface area contributed by atoms with Crippen LogP contribution < -0.4 is 10.2 Å². The maximum atomic E-state index is 12.2. The van der Waals surface area contributed by atoms with E-state index in [0.29, 0.717) is 29.3 Å². The Morgan fingerprint density at radius 1 is 1.08 bits per heavy atom. The van der Waals surface area contributed by atoms with Gasteiger partial charge in [-0.2, -0.15) is 5.10 Å². The zero-order valence-corrected chi connectivity index (χ0v) is 21.0. The number of hydrogen-bond acceptors (Lipinski definition) is 7. The Morgan fingerprint density at radius 2 is 1.92 bits per heavy atom. The molecule has 10 heteroatoms. The number of amides is 1. The average molecular weight is 496 g/mol. The van der Waals surface area contributed by atoms with Crippen molar-refractivity contribution in [2.45, 2.75) is 39.5 Å². The number of anilines is 2. The number of imidazole rings is 1. The van der Waals surface area contributed by atoms with Gasteiger partial charge in [-0.25, -0.2) is 15.0 Å². The molecule has 188 valence electrons. The molecule has 0 spiro atoms. The third-order valence-electron chi connectivity index (χ3n) is 6.63. The molecular formula is C27H29N9O. The van der Waals surface area contributed by atoms with Gasteiger partial charge in [0.2, 0.25) is 5.91 Å². The van der Waals surface area contributed by atoms with Crippen LogP contribution in [0.5, 0.6) is 0 Å². The second-order valence-corrected chi connectivity index (χ2v) is 9.96. The first-order chi connectivity index (χ1) is 18.0. The number of rotatable bonds is 6. The van der Waals surface area contributed by atoms with E-state index in [0.717, 1.165) is 46.5 Å². The van der Waals surface area contributed by atoms with E-state index in [-0.39, 0.29) is 11.8 Å². The molecule has 6 rings (SSSR count). The number of piperidine rings is 1. The molecule has 10 nitrogen and oxygen atoms in total. The number of aromatic nitrogens is 7. The molecule has 1 fully saturated rings. The van der Waals surface area contributed by atoms with Gasteiger partial charge >= 0.3 is 0 Å². The first kappa shape index (κ1) is 23.1. The van der Waals surface area contributed by atoms with Gasteiger partial charge in [0.25, 0.3) is 0 Å². The van der Waals surface area contributed by atoms with E-state index in [4.69, 9.17) is 4.98 Å². The molecule has 1 aliphatic heterocycles. The van der Waals surface area contributed by atoms with Crippen molar-refractivity contribution in [3.63, 3.8) is 0 Å². The van der Waals surface area contributed by atoms with E-state index in [2.05, 4.69) is 40.3 Å². The van der Waals surface area contributed by atoms with Crippen LogP contribution in [0.15, 0.2) is 43.0 Å². The van der Waals surface area contributed by atoms with E-state index >= 15 is 0 Å². The number of pyridine rings is 3. The van der Waals surface area contributed by atoms with Gasteiger partial charge in [-0.1, -0.05) is 13.8 Å². The first-order valence-electron chi connectivity index (χ1n) is 12.7. The maximum absolute atomic E-state index is 12.2. The summed E-state index contributed by atoms with van der Waals surface area (Å²) in [5.74, 6) is 1.84. The molecule has 0 atom stereocenters. The molecule has 6 heterocycles. The highest BCUT2D eigenvalue weighted by atomic mass is 16.1. The number of nitrogens with zero attached hydrogens (tertiary/aromatic N) is 6. The zero-order chi connectivity index (χ0) is 25.4. The summed E-state index contributed by atoms with van der Waals surface area (Å²) in [6.45, 7) is 6.03. The van der Waals surface area contributed by atoms with Crippen LogP contribution in [0, 0.1) is 5.92 Å². The number of carbonyl (C=O) groups excluding carboxylic acids is 1. The Labute approximate surface area is 214 Å². The van der Waals surface area contributed by atoms with E-state index in [1.54, 1.807) is 18.6 Å². The minimum Gasteiger partial charge on any atom is -0.355 e. The standard InChI is InChI=1S/C27H29N9O/c1-16(2)10-22(37)31-19-11-17(13-28-15-19)18-12-20-23(34-35-25(20)30-14-18)26-32-21-6-7-29-27(24(21)33-26)36-8-4-3-5-9-36/h6-7,11-16H,3-5,8-10H2,1-2H3,(H,31,37)(H,32,33)(H,30,34,35). The molecular weight excluding hydrogens is 466 g/mol. The van der Waals surface area contributed by atoms with Crippen LogP contribution in [0.2, 0.25) is 0 Å². The smallest absolute Gasteiger partial charge is 0.224 e. The summed E-state index contributed by atoms with van der Waals surface area (Å²) < 4.78 is 0. The molecule has 1 amide bonds. The van der Waals surface area contributed by atoms with Crippen molar-refractivity contribution in [3.05, 3.63) is 43.0 Å². The second kappa shape index (κ2) is 9.61. The fraction of sp³-hybridized carbons (Fsp3) is 0.333. The summed E-state index contributed by atoms with van der Waals surface area (Å²) in [5.41, 5.74) is 5.53. The predicted octanol–water partition coefficient (Wildman–Crippen LogP) is 4.93. The van der Waals surface area contributed by atoms with Crippen molar-refractivity contribution in [1.29, 1.82) is 0 Å². The molecule has 37 heavy (non-hydrogen) atoms. The third kappa shape index (κ3) is 4.62. The Balaban J connectivity index is 1.35. The van der Waals surface area contributed by atoms with Crippen LogP contribution in [0.25, 0.3) is 44.7 Å². The normalized spacial score (nSPS) is 14.1. The van der Waals surface area contributed by atoms with E-state index in [9.17, 15) is 4.79 Å². The number of hydrogen-bond donors (Lipinski definition) is 3. The minimum atomic E-state index is -0.0251. The van der Waals surface area contributed by atoms with Crippen LogP contribution in [-0.2, 0) is 4.79 Å². The van der Waals surface area contributed by atoms with E-state index in [1.807, 2.05) is 38.2 Å². The Morgan fingerprint density at radius 3 is 2.76 bits per heavy atom. The predicted molar refractivity (Wildman–Crippen MR) is 144 cm³/mol. The van der Waals surface area contributed by atoms with Gasteiger partial charge in [-0.05, 0) is 43.4 Å². The fourth-order valence-corrected chi connectivity index (χ4v) is 4.86. The highest BCUT2D eigenvalue weighted by Crippen LogP contribution is 2.32. The van der Waals surface area contributed by atoms with Crippen molar-refractivity contribution in [3.8, 4) is 22.6 Å². The Bertz CT molecular complexity index is 1580. The van der Waals surface area contributed by atoms with Crippen LogP contribution in [0.3, 0.4) is 0 Å². The highest BCUT2D eigenvalue weighted by molar-refractivity contribution is 5.96. The number of fused-ring (bicyclic) bond motifs is 2. The Kier molecular flexibility index (Phi) is 5.99. The summed E-state index contributed by atoms with van der Waals surface area (Å²) in [5, 5.41) is 11.3. The lowest BCUT2D eigenvalue weighted by molar-refractivity contribution is -0.116. The van der Waals surface area contributed by atoms with Gasteiger partial charge in [0, 0.05) is 49.2 Å². The van der Waals surface area contributed by atoms with Crippen LogP contribution in [0.1, 0.15) is 39.5 Å². The van der Waals surface area contributed by atoms with Gasteiger partial charge in [-0.3, -0.25) is 14.9 Å². The molecule has 0 aliphatic carbocycles. The van der Waals surface area contributed by atoms with Crippen LogP contribution in [-0.4, -0.2) is 54.1 Å². The van der Waals surface area contributed by atoms with Gasteiger partial charge in [0.1, 0.15) is 11.2 Å².